The van der Waals surface area contributed by atoms with Crippen LogP contribution in [0.3, 0.4) is 0 Å². The van der Waals surface area contributed by atoms with E-state index in [4.69, 9.17) is 9.47 Å². The number of ether oxygens (including phenoxy) is 2. The van der Waals surface area contributed by atoms with E-state index in [9.17, 15) is 19.5 Å². The van der Waals surface area contributed by atoms with Crippen LogP contribution >= 0.6 is 15.9 Å². The number of methoxy groups -OCH3 is 1. The monoisotopic (exact) mass is 529 g/mol. The summed E-state index contributed by atoms with van der Waals surface area (Å²) in [5.74, 6) is -0.365. The number of carboxylic acid groups (broad SMARTS) is 1. The van der Waals surface area contributed by atoms with E-state index >= 15 is 0 Å². The normalized spacial score (nSPS) is 18.6. The van der Waals surface area contributed by atoms with Crippen molar-refractivity contribution in [2.75, 3.05) is 20.3 Å². The average Bonchev–Trinajstić information content (AvgIpc) is 2.81. The number of nitrogens with zero attached hydrogens (tertiary/aromatic N) is 1. The Morgan fingerprint density at radius 3 is 2.29 bits per heavy atom. The largest absolute Gasteiger partial charge is 0.493 e. The van der Waals surface area contributed by atoms with Crippen LogP contribution in [0.2, 0.25) is 0 Å². The Morgan fingerprint density at radius 2 is 1.76 bits per heavy atom. The molecule has 0 aromatic heterocycles. The highest BCUT2D eigenvalue weighted by Gasteiger charge is 2.43. The Morgan fingerprint density at radius 1 is 1.15 bits per heavy atom. The zero-order chi connectivity index (χ0) is 24.4. The van der Waals surface area contributed by atoms with Crippen molar-refractivity contribution in [1.82, 2.24) is 4.90 Å². The number of carbonyl (C=O) groups is 3. The number of allylic oxidation sites excluding steroid dienone is 4. The molecule has 1 heterocycles. The molecule has 0 radical (unpaired) electrons. The maximum absolute atomic E-state index is 13.3. The summed E-state index contributed by atoms with van der Waals surface area (Å²) in [6.07, 6.45) is 5.20. The topological polar surface area (TPSA) is 93.1 Å². The Kier molecular flexibility index (Phi) is 7.26. The smallest absolute Gasteiger partial charge is 0.305 e. The minimum atomic E-state index is -0.903. The van der Waals surface area contributed by atoms with Crippen molar-refractivity contribution in [3.63, 3.8) is 0 Å². The van der Waals surface area contributed by atoms with E-state index in [2.05, 4.69) is 22.5 Å². The van der Waals surface area contributed by atoms with Gasteiger partial charge in [0.25, 0.3) is 0 Å². The maximum atomic E-state index is 13.3. The second-order valence-electron chi connectivity index (χ2n) is 8.64. The summed E-state index contributed by atoms with van der Waals surface area (Å²) in [6, 6.07) is 3.72. The van der Waals surface area contributed by atoms with E-state index in [0.717, 1.165) is 17.0 Å². The van der Waals surface area contributed by atoms with Crippen molar-refractivity contribution >= 4 is 33.5 Å². The van der Waals surface area contributed by atoms with Gasteiger partial charge < -0.3 is 19.5 Å². The molecule has 4 rings (SSSR count). The Balaban J connectivity index is 1.91. The van der Waals surface area contributed by atoms with Gasteiger partial charge in [-0.15, -0.1) is 0 Å². The van der Waals surface area contributed by atoms with Crippen molar-refractivity contribution in [1.29, 1.82) is 0 Å². The van der Waals surface area contributed by atoms with Crippen molar-refractivity contribution in [3.05, 3.63) is 57.4 Å². The van der Waals surface area contributed by atoms with E-state index < -0.39 is 11.9 Å². The highest BCUT2D eigenvalue weighted by Crippen LogP contribution is 2.51. The van der Waals surface area contributed by atoms with Crippen LogP contribution in [0.4, 0.5) is 0 Å². The van der Waals surface area contributed by atoms with Crippen LogP contribution < -0.4 is 9.47 Å². The van der Waals surface area contributed by atoms with Gasteiger partial charge in [-0.05, 0) is 59.3 Å². The van der Waals surface area contributed by atoms with Crippen LogP contribution in [0.1, 0.15) is 56.4 Å². The number of halogens is 1. The lowest BCUT2D eigenvalue weighted by molar-refractivity contribution is -0.137. The number of benzene rings is 1. The number of hydrogen-bond acceptors (Lipinski definition) is 6. The van der Waals surface area contributed by atoms with Crippen LogP contribution in [-0.4, -0.2) is 47.8 Å². The standard InChI is InChI=1S/C26H28BrNO6/c1-3-12-34-26-16(27)13-15(14-21(26)33-2)23-24-17(6-4-8-19(24)29)28(11-10-22(31)32)18-7-5-9-20(30)25(18)23/h3,13-14,23H,1,4-12H2,2H3,(H,31,32). The molecular formula is C26H28BrNO6. The lowest BCUT2D eigenvalue weighted by Crippen LogP contribution is -2.39. The van der Waals surface area contributed by atoms with Crippen molar-refractivity contribution in [2.24, 2.45) is 0 Å². The molecule has 34 heavy (non-hydrogen) atoms. The van der Waals surface area contributed by atoms with Crippen molar-refractivity contribution in [3.8, 4) is 11.5 Å². The van der Waals surface area contributed by atoms with Gasteiger partial charge in [0.15, 0.2) is 23.1 Å². The van der Waals surface area contributed by atoms with Gasteiger partial charge >= 0.3 is 5.97 Å². The van der Waals surface area contributed by atoms with Crippen LogP contribution in [0.5, 0.6) is 11.5 Å². The van der Waals surface area contributed by atoms with Gasteiger partial charge in [0.2, 0.25) is 0 Å². The summed E-state index contributed by atoms with van der Waals surface area (Å²) < 4.78 is 12.0. The van der Waals surface area contributed by atoms with Crippen LogP contribution in [-0.2, 0) is 14.4 Å². The van der Waals surface area contributed by atoms with Gasteiger partial charge in [0, 0.05) is 47.8 Å². The number of carboxylic acids is 1. The third kappa shape index (κ3) is 4.43. The average molecular weight is 530 g/mol. The van der Waals surface area contributed by atoms with E-state index in [1.807, 2.05) is 17.0 Å². The summed E-state index contributed by atoms with van der Waals surface area (Å²) in [7, 11) is 1.55. The summed E-state index contributed by atoms with van der Waals surface area (Å²) in [5.41, 5.74) is 3.72. The molecule has 180 valence electrons. The SMILES string of the molecule is C=CCOc1c(Br)cc(C2C3=C(CCCC3=O)N(CCC(=O)O)C3=C2C(=O)CCC3)cc1OC. The number of carbonyl (C=O) groups excluding carboxylic acids is 2. The first-order valence-electron chi connectivity index (χ1n) is 11.5. The molecule has 3 aliphatic rings. The fraction of sp³-hybridized carbons (Fsp3) is 0.423. The molecule has 0 bridgehead atoms. The number of aliphatic carboxylic acids is 1. The lowest BCUT2D eigenvalue weighted by Gasteiger charge is -2.44. The van der Waals surface area contributed by atoms with Gasteiger partial charge in [0.1, 0.15) is 6.61 Å². The van der Waals surface area contributed by atoms with Gasteiger partial charge in [-0.25, -0.2) is 0 Å². The van der Waals surface area contributed by atoms with Gasteiger partial charge in [-0.3, -0.25) is 14.4 Å². The lowest BCUT2D eigenvalue weighted by atomic mass is 9.71. The highest BCUT2D eigenvalue weighted by atomic mass is 79.9. The quantitative estimate of drug-likeness (QED) is 0.478. The van der Waals surface area contributed by atoms with Gasteiger partial charge in [-0.1, -0.05) is 12.7 Å². The zero-order valence-electron chi connectivity index (χ0n) is 19.2. The molecule has 0 fully saturated rings. The molecule has 1 N–H and O–H groups in total. The zero-order valence-corrected chi connectivity index (χ0v) is 20.8. The summed E-state index contributed by atoms with van der Waals surface area (Å²) in [4.78, 5) is 39.9. The van der Waals surface area contributed by atoms with Crippen LogP contribution in [0.15, 0.2) is 51.8 Å². The summed E-state index contributed by atoms with van der Waals surface area (Å²) in [6.45, 7) is 4.24. The maximum Gasteiger partial charge on any atom is 0.305 e. The molecule has 8 heteroatoms. The number of rotatable bonds is 8. The molecule has 0 unspecified atom stereocenters. The van der Waals surface area contributed by atoms with E-state index in [1.54, 1.807) is 13.2 Å². The minimum Gasteiger partial charge on any atom is -0.493 e. The third-order valence-electron chi connectivity index (χ3n) is 6.57. The molecular weight excluding hydrogens is 502 g/mol. The first-order chi connectivity index (χ1) is 16.4. The van der Waals surface area contributed by atoms with Gasteiger partial charge in [-0.2, -0.15) is 0 Å². The summed E-state index contributed by atoms with van der Waals surface area (Å²) in [5, 5.41) is 9.32. The van der Waals surface area contributed by atoms with E-state index in [1.165, 1.54) is 0 Å². The van der Waals surface area contributed by atoms with Crippen LogP contribution in [0.25, 0.3) is 0 Å². The second-order valence-corrected chi connectivity index (χ2v) is 9.49. The third-order valence-corrected chi connectivity index (χ3v) is 7.16. The molecule has 0 spiro atoms. The van der Waals surface area contributed by atoms with Crippen LogP contribution in [0, 0.1) is 0 Å². The molecule has 7 nitrogen and oxygen atoms in total. The number of ketones is 2. The number of hydrogen-bond donors (Lipinski definition) is 1. The predicted molar refractivity (Wildman–Crippen MR) is 130 cm³/mol. The molecule has 0 saturated carbocycles. The van der Waals surface area contributed by atoms with E-state index in [0.29, 0.717) is 72.2 Å². The fourth-order valence-corrected chi connectivity index (χ4v) is 5.79. The second kappa shape index (κ2) is 10.2. The summed E-state index contributed by atoms with van der Waals surface area (Å²) >= 11 is 3.58. The van der Waals surface area contributed by atoms with E-state index in [-0.39, 0.29) is 24.5 Å². The molecule has 0 atom stereocenters. The molecule has 1 aliphatic heterocycles. The highest BCUT2D eigenvalue weighted by molar-refractivity contribution is 9.10. The number of Topliss-reactive ketones (excluding diaryl/α,β-unsaturated/α-hetero) is 2. The Hall–Kier alpha value is -2.87. The van der Waals surface area contributed by atoms with Crippen molar-refractivity contribution in [2.45, 2.75) is 50.9 Å². The molecule has 0 saturated heterocycles. The Labute approximate surface area is 207 Å². The molecule has 2 aliphatic carbocycles. The Bertz CT molecular complexity index is 1070. The molecule has 1 aromatic rings. The first-order valence-corrected chi connectivity index (χ1v) is 12.3. The van der Waals surface area contributed by atoms with Crippen molar-refractivity contribution < 1.29 is 29.0 Å². The fourth-order valence-electron chi connectivity index (χ4n) is 5.22. The molecule has 1 aromatic carbocycles. The van der Waals surface area contributed by atoms with Gasteiger partial charge in [0.05, 0.1) is 18.0 Å². The predicted octanol–water partition coefficient (Wildman–Crippen LogP) is 4.91. The minimum absolute atomic E-state index is 0.0126. The first kappa shape index (κ1) is 24.3. The molecule has 0 amide bonds.